The highest BCUT2D eigenvalue weighted by Crippen LogP contribution is 2.08. The summed E-state index contributed by atoms with van der Waals surface area (Å²) in [7, 11) is 0. The summed E-state index contributed by atoms with van der Waals surface area (Å²) in [5.74, 6) is 0.923. The monoisotopic (exact) mass is 255 g/mol. The van der Waals surface area contributed by atoms with Gasteiger partial charge in [-0.05, 0) is 31.5 Å². The summed E-state index contributed by atoms with van der Waals surface area (Å²) < 4.78 is 0.518. The molecule has 16 heavy (non-hydrogen) atoms. The number of H-pyrrole nitrogens is 2. The van der Waals surface area contributed by atoms with Gasteiger partial charge in [0.15, 0.2) is 0 Å². The molecule has 2 heterocycles. The number of thiocarbonyl (C=S) groups is 1. The molecule has 1 aliphatic heterocycles. The molecule has 7 heteroatoms. The normalized spacial score (nSPS) is 15.0. The summed E-state index contributed by atoms with van der Waals surface area (Å²) in [6.45, 7) is 0. The molecule has 0 atom stereocenters. The molecule has 1 aromatic heterocycles. The Morgan fingerprint density at radius 1 is 1.12 bits per heavy atom. The predicted octanol–water partition coefficient (Wildman–Crippen LogP) is 1.86. The molecule has 3 N–H and O–H groups in total. The molecule has 2 rings (SSSR count). The number of aryl methyl sites for hydroxylation is 1. The maximum atomic E-state index is 5.00. The Hall–Kier alpha value is -1.08. The second-order valence-corrected chi connectivity index (χ2v) is 4.59. The SMILES string of the molecule is S=C1CC(CCCCc2nc(=S)[nH][nH]2)=NN1. The minimum Gasteiger partial charge on any atom is -0.286 e. The van der Waals surface area contributed by atoms with Crippen LogP contribution in [0.1, 0.15) is 31.5 Å². The fourth-order valence-electron chi connectivity index (χ4n) is 1.59. The van der Waals surface area contributed by atoms with E-state index in [0.29, 0.717) is 4.77 Å². The van der Waals surface area contributed by atoms with Crippen molar-refractivity contribution in [2.45, 2.75) is 32.1 Å². The van der Waals surface area contributed by atoms with Gasteiger partial charge in [-0.15, -0.1) is 0 Å². The second-order valence-electron chi connectivity index (χ2n) is 3.71. The van der Waals surface area contributed by atoms with Crippen LogP contribution in [0, 0.1) is 4.77 Å². The van der Waals surface area contributed by atoms with Crippen molar-refractivity contribution in [3.05, 3.63) is 10.6 Å². The maximum absolute atomic E-state index is 5.00. The Morgan fingerprint density at radius 3 is 2.56 bits per heavy atom. The maximum Gasteiger partial charge on any atom is 0.213 e. The molecule has 0 fully saturated rings. The number of aromatic amines is 2. The number of aromatic nitrogens is 3. The first-order valence-corrected chi connectivity index (χ1v) is 6.03. The minimum atomic E-state index is 0.518. The van der Waals surface area contributed by atoms with Crippen molar-refractivity contribution in [3.8, 4) is 0 Å². The van der Waals surface area contributed by atoms with E-state index in [1.165, 1.54) is 0 Å². The number of unbranched alkanes of at least 4 members (excludes halogenated alkanes) is 1. The molecular weight excluding hydrogens is 242 g/mol. The van der Waals surface area contributed by atoms with E-state index in [1.54, 1.807) is 0 Å². The van der Waals surface area contributed by atoms with Gasteiger partial charge in [0.05, 0.1) is 0 Å². The van der Waals surface area contributed by atoms with Crippen molar-refractivity contribution in [1.82, 2.24) is 20.6 Å². The van der Waals surface area contributed by atoms with E-state index in [2.05, 4.69) is 25.7 Å². The molecule has 0 saturated heterocycles. The summed E-state index contributed by atoms with van der Waals surface area (Å²) in [5.41, 5.74) is 3.97. The van der Waals surface area contributed by atoms with Gasteiger partial charge in [-0.1, -0.05) is 12.2 Å². The summed E-state index contributed by atoms with van der Waals surface area (Å²) in [6, 6.07) is 0. The van der Waals surface area contributed by atoms with Crippen LogP contribution in [0.2, 0.25) is 0 Å². The Bertz CT molecular complexity index is 458. The van der Waals surface area contributed by atoms with Gasteiger partial charge in [0.25, 0.3) is 0 Å². The van der Waals surface area contributed by atoms with Gasteiger partial charge < -0.3 is 0 Å². The van der Waals surface area contributed by atoms with E-state index in [0.717, 1.165) is 48.6 Å². The van der Waals surface area contributed by atoms with E-state index >= 15 is 0 Å². The van der Waals surface area contributed by atoms with Gasteiger partial charge in [0.2, 0.25) is 4.77 Å². The van der Waals surface area contributed by atoms with Crippen LogP contribution in [0.25, 0.3) is 0 Å². The summed E-state index contributed by atoms with van der Waals surface area (Å²) in [4.78, 5) is 4.96. The molecular formula is C9H13N5S2. The molecule has 1 aromatic rings. The molecule has 0 aliphatic carbocycles. The highest BCUT2D eigenvalue weighted by molar-refractivity contribution is 7.80. The quantitative estimate of drug-likeness (QED) is 0.555. The summed E-state index contributed by atoms with van der Waals surface area (Å²) in [5, 5.41) is 9.87. The fourth-order valence-corrected chi connectivity index (χ4v) is 1.97. The molecule has 1 aliphatic rings. The predicted molar refractivity (Wildman–Crippen MR) is 69.1 cm³/mol. The van der Waals surface area contributed by atoms with Crippen LogP contribution in [-0.2, 0) is 6.42 Å². The third-order valence-electron chi connectivity index (χ3n) is 2.38. The Kier molecular flexibility index (Phi) is 3.79. The highest BCUT2D eigenvalue weighted by Gasteiger charge is 2.10. The van der Waals surface area contributed by atoms with Crippen LogP contribution in [0.3, 0.4) is 0 Å². The molecule has 0 amide bonds. The van der Waals surface area contributed by atoms with Crippen molar-refractivity contribution in [1.29, 1.82) is 0 Å². The van der Waals surface area contributed by atoms with Crippen LogP contribution in [0.15, 0.2) is 5.10 Å². The summed E-state index contributed by atoms with van der Waals surface area (Å²) >= 11 is 9.87. The Morgan fingerprint density at radius 2 is 1.94 bits per heavy atom. The van der Waals surface area contributed by atoms with Crippen LogP contribution in [0.5, 0.6) is 0 Å². The molecule has 0 bridgehead atoms. The number of hydrogen-bond donors (Lipinski definition) is 3. The van der Waals surface area contributed by atoms with Crippen molar-refractivity contribution in [2.24, 2.45) is 5.10 Å². The zero-order chi connectivity index (χ0) is 11.4. The second kappa shape index (κ2) is 5.31. The fraction of sp³-hybridized carbons (Fsp3) is 0.556. The van der Waals surface area contributed by atoms with Gasteiger partial charge in [0.1, 0.15) is 10.8 Å². The number of nitrogens with zero attached hydrogens (tertiary/aromatic N) is 2. The average Bonchev–Trinajstić information content (AvgIpc) is 2.83. The van der Waals surface area contributed by atoms with Crippen LogP contribution in [-0.4, -0.2) is 25.9 Å². The smallest absolute Gasteiger partial charge is 0.213 e. The number of nitrogens with one attached hydrogen (secondary N) is 3. The van der Waals surface area contributed by atoms with E-state index in [4.69, 9.17) is 24.4 Å². The van der Waals surface area contributed by atoms with Crippen LogP contribution in [0.4, 0.5) is 0 Å². The lowest BCUT2D eigenvalue weighted by Crippen LogP contribution is -2.06. The number of hydrogen-bond acceptors (Lipinski definition) is 4. The molecule has 0 radical (unpaired) electrons. The molecule has 86 valence electrons. The Labute approximate surface area is 104 Å². The topological polar surface area (TPSA) is 68.9 Å². The van der Waals surface area contributed by atoms with Gasteiger partial charge in [-0.3, -0.25) is 15.6 Å². The molecule has 5 nitrogen and oxygen atoms in total. The van der Waals surface area contributed by atoms with E-state index in [1.807, 2.05) is 0 Å². The van der Waals surface area contributed by atoms with Gasteiger partial charge in [0, 0.05) is 18.6 Å². The van der Waals surface area contributed by atoms with E-state index < -0.39 is 0 Å². The molecule has 0 spiro atoms. The average molecular weight is 255 g/mol. The first-order valence-electron chi connectivity index (χ1n) is 5.22. The third-order valence-corrected chi connectivity index (χ3v) is 2.81. The molecule has 0 unspecified atom stereocenters. The largest absolute Gasteiger partial charge is 0.286 e. The number of hydrazone groups is 1. The van der Waals surface area contributed by atoms with Gasteiger partial charge in [-0.25, -0.2) is 4.98 Å². The van der Waals surface area contributed by atoms with E-state index in [-0.39, 0.29) is 0 Å². The molecule has 0 aromatic carbocycles. The first kappa shape index (κ1) is 11.4. The van der Waals surface area contributed by atoms with Gasteiger partial charge >= 0.3 is 0 Å². The zero-order valence-electron chi connectivity index (χ0n) is 8.75. The Balaban J connectivity index is 1.66. The van der Waals surface area contributed by atoms with Crippen molar-refractivity contribution in [3.63, 3.8) is 0 Å². The first-order chi connectivity index (χ1) is 7.74. The van der Waals surface area contributed by atoms with Crippen molar-refractivity contribution in [2.75, 3.05) is 0 Å². The number of rotatable bonds is 5. The van der Waals surface area contributed by atoms with Crippen LogP contribution < -0.4 is 5.43 Å². The van der Waals surface area contributed by atoms with Crippen molar-refractivity contribution < 1.29 is 0 Å². The lowest BCUT2D eigenvalue weighted by molar-refractivity contribution is 0.728. The van der Waals surface area contributed by atoms with Gasteiger partial charge in [-0.2, -0.15) is 5.10 Å². The lowest BCUT2D eigenvalue weighted by atomic mass is 10.1. The lowest BCUT2D eigenvalue weighted by Gasteiger charge is -1.97. The highest BCUT2D eigenvalue weighted by atomic mass is 32.1. The zero-order valence-corrected chi connectivity index (χ0v) is 10.4. The summed E-state index contributed by atoms with van der Waals surface area (Å²) in [6.07, 6.45) is 4.90. The standard InChI is InChI=1S/C9H13N5S2/c15-8-5-6(11-13-8)3-1-2-4-7-10-9(16)14-12-7/h1-5H2,(H,13,15)(H2,10,12,14,16). The third kappa shape index (κ3) is 3.21. The van der Waals surface area contributed by atoms with Crippen LogP contribution >= 0.6 is 24.4 Å². The van der Waals surface area contributed by atoms with E-state index in [9.17, 15) is 0 Å². The van der Waals surface area contributed by atoms with Crippen molar-refractivity contribution >= 4 is 35.1 Å². The minimum absolute atomic E-state index is 0.518. The molecule has 0 saturated carbocycles.